The molecule has 0 spiro atoms. The molecule has 3 aromatic rings. The van der Waals surface area contributed by atoms with Gasteiger partial charge in [0.15, 0.2) is 5.82 Å². The van der Waals surface area contributed by atoms with Crippen LogP contribution in [0.3, 0.4) is 0 Å². The molecule has 0 radical (unpaired) electrons. The second-order valence-electron chi connectivity index (χ2n) is 6.82. The number of nitrogens with one attached hydrogen (secondary N) is 1. The summed E-state index contributed by atoms with van der Waals surface area (Å²) >= 11 is 0. The van der Waals surface area contributed by atoms with Crippen molar-refractivity contribution in [3.8, 4) is 11.8 Å². The van der Waals surface area contributed by atoms with Crippen LogP contribution in [0.4, 0.5) is 11.5 Å². The Bertz CT molecular complexity index is 1000. The van der Waals surface area contributed by atoms with E-state index in [1.807, 2.05) is 66.4 Å². The Balaban J connectivity index is 1.86. The van der Waals surface area contributed by atoms with E-state index < -0.39 is 0 Å². The first-order chi connectivity index (χ1) is 13.5. The van der Waals surface area contributed by atoms with Gasteiger partial charge in [0.2, 0.25) is 5.91 Å². The van der Waals surface area contributed by atoms with Gasteiger partial charge in [-0.2, -0.15) is 10.4 Å². The van der Waals surface area contributed by atoms with Crippen LogP contribution in [0.15, 0.2) is 60.8 Å². The number of hydrogen-bond donors (Lipinski definition) is 1. The second kappa shape index (κ2) is 8.40. The van der Waals surface area contributed by atoms with Crippen molar-refractivity contribution in [2.75, 3.05) is 16.8 Å². The molecular weight excluding hydrogens is 350 g/mol. The molecule has 142 valence electrons. The lowest BCUT2D eigenvalue weighted by Gasteiger charge is -2.29. The first kappa shape index (κ1) is 19.2. The van der Waals surface area contributed by atoms with Crippen LogP contribution in [0, 0.1) is 18.3 Å². The highest BCUT2D eigenvalue weighted by Gasteiger charge is 2.20. The maximum absolute atomic E-state index is 12.9. The van der Waals surface area contributed by atoms with Crippen molar-refractivity contribution < 1.29 is 4.79 Å². The van der Waals surface area contributed by atoms with Crippen LogP contribution in [-0.2, 0) is 4.79 Å². The molecule has 1 aromatic heterocycles. The third-order valence-corrected chi connectivity index (χ3v) is 4.51. The average molecular weight is 373 g/mol. The lowest BCUT2D eigenvalue weighted by Crippen LogP contribution is -2.38. The van der Waals surface area contributed by atoms with Gasteiger partial charge in [0, 0.05) is 11.7 Å². The topological polar surface area (TPSA) is 74.0 Å². The molecule has 6 nitrogen and oxygen atoms in total. The predicted octanol–water partition coefficient (Wildman–Crippen LogP) is 3.91. The molecule has 6 heteroatoms. The number of aromatic nitrogens is 2. The highest BCUT2D eigenvalue weighted by atomic mass is 16.2. The Morgan fingerprint density at radius 1 is 1.18 bits per heavy atom. The van der Waals surface area contributed by atoms with Gasteiger partial charge in [-0.25, -0.2) is 4.68 Å². The molecule has 1 N–H and O–H groups in total. The summed E-state index contributed by atoms with van der Waals surface area (Å²) in [4.78, 5) is 14.9. The van der Waals surface area contributed by atoms with Crippen LogP contribution in [0.25, 0.3) is 5.69 Å². The van der Waals surface area contributed by atoms with E-state index in [0.717, 1.165) is 16.9 Å². The smallest absolute Gasteiger partial charge is 0.245 e. The van der Waals surface area contributed by atoms with Gasteiger partial charge >= 0.3 is 0 Å². The zero-order valence-corrected chi connectivity index (χ0v) is 16.3. The molecule has 2 aromatic carbocycles. The maximum Gasteiger partial charge on any atom is 0.245 e. The fourth-order valence-corrected chi connectivity index (χ4v) is 3.07. The van der Waals surface area contributed by atoms with E-state index in [1.165, 1.54) is 6.20 Å². The number of amides is 1. The van der Waals surface area contributed by atoms with Gasteiger partial charge < -0.3 is 10.2 Å². The van der Waals surface area contributed by atoms with Crippen LogP contribution < -0.4 is 10.2 Å². The lowest BCUT2D eigenvalue weighted by atomic mass is 10.1. The van der Waals surface area contributed by atoms with Crippen LogP contribution in [0.5, 0.6) is 0 Å². The number of nitriles is 1. The minimum Gasteiger partial charge on any atom is -0.360 e. The Labute approximate surface area is 165 Å². The van der Waals surface area contributed by atoms with E-state index in [-0.39, 0.29) is 18.5 Å². The summed E-state index contributed by atoms with van der Waals surface area (Å²) in [6, 6.07) is 19.6. The average Bonchev–Trinajstić information content (AvgIpc) is 3.09. The number of benzene rings is 2. The van der Waals surface area contributed by atoms with Crippen LogP contribution >= 0.6 is 0 Å². The summed E-state index contributed by atoms with van der Waals surface area (Å²) in [5, 5.41) is 16.6. The molecule has 0 bridgehead atoms. The van der Waals surface area contributed by atoms with Gasteiger partial charge in [0.25, 0.3) is 0 Å². The van der Waals surface area contributed by atoms with Crippen molar-refractivity contribution >= 4 is 17.4 Å². The second-order valence-corrected chi connectivity index (χ2v) is 6.82. The summed E-state index contributed by atoms with van der Waals surface area (Å²) in [6.07, 6.45) is 1.46. The monoisotopic (exact) mass is 373 g/mol. The zero-order valence-electron chi connectivity index (χ0n) is 16.3. The van der Waals surface area contributed by atoms with E-state index in [1.54, 1.807) is 4.68 Å². The number of hydrogen-bond acceptors (Lipinski definition) is 4. The summed E-state index contributed by atoms with van der Waals surface area (Å²) < 4.78 is 1.57. The minimum atomic E-state index is -0.203. The normalized spacial score (nSPS) is 10.5. The van der Waals surface area contributed by atoms with Gasteiger partial charge in [0.05, 0.1) is 18.4 Å². The van der Waals surface area contributed by atoms with Crippen molar-refractivity contribution in [1.82, 2.24) is 9.78 Å². The Morgan fingerprint density at radius 3 is 2.50 bits per heavy atom. The molecule has 0 aliphatic heterocycles. The van der Waals surface area contributed by atoms with Crippen molar-refractivity contribution in [3.63, 3.8) is 0 Å². The number of rotatable bonds is 6. The molecule has 1 amide bonds. The van der Waals surface area contributed by atoms with Crippen molar-refractivity contribution in [1.29, 1.82) is 5.26 Å². The van der Waals surface area contributed by atoms with Crippen LogP contribution in [-0.4, -0.2) is 28.3 Å². The molecule has 1 heterocycles. The SMILES string of the molecule is Cc1ccccc1N(CC(=O)Nc1c(C#N)cnn1-c1ccccc1)C(C)C. The summed E-state index contributed by atoms with van der Waals surface area (Å²) in [5.74, 6) is 0.179. The first-order valence-electron chi connectivity index (χ1n) is 9.17. The van der Waals surface area contributed by atoms with E-state index in [0.29, 0.717) is 11.4 Å². The van der Waals surface area contributed by atoms with Gasteiger partial charge in [-0.3, -0.25) is 4.79 Å². The van der Waals surface area contributed by atoms with E-state index in [9.17, 15) is 10.1 Å². The fourth-order valence-electron chi connectivity index (χ4n) is 3.07. The van der Waals surface area contributed by atoms with Crippen LogP contribution in [0.2, 0.25) is 0 Å². The molecule has 3 rings (SSSR count). The Kier molecular flexibility index (Phi) is 5.75. The van der Waals surface area contributed by atoms with Crippen molar-refractivity contribution in [3.05, 3.63) is 71.9 Å². The number of para-hydroxylation sites is 2. The fraction of sp³-hybridized carbons (Fsp3) is 0.227. The quantitative estimate of drug-likeness (QED) is 0.711. The largest absolute Gasteiger partial charge is 0.360 e. The number of nitrogens with zero attached hydrogens (tertiary/aromatic N) is 4. The molecule has 0 saturated heterocycles. The molecule has 0 unspecified atom stereocenters. The number of aryl methyl sites for hydroxylation is 1. The minimum absolute atomic E-state index is 0.140. The zero-order chi connectivity index (χ0) is 20.1. The number of carbonyl (C=O) groups excluding carboxylic acids is 1. The molecule has 0 saturated carbocycles. The highest BCUT2D eigenvalue weighted by Crippen LogP contribution is 2.23. The highest BCUT2D eigenvalue weighted by molar-refractivity contribution is 5.94. The van der Waals surface area contributed by atoms with Crippen LogP contribution in [0.1, 0.15) is 25.0 Å². The summed E-state index contributed by atoms with van der Waals surface area (Å²) in [7, 11) is 0. The van der Waals surface area contributed by atoms with Gasteiger partial charge in [-0.1, -0.05) is 36.4 Å². The standard InChI is InChI=1S/C22H23N5O/c1-16(2)26(20-12-8-7-9-17(20)3)15-21(28)25-22-18(13-23)14-24-27(22)19-10-5-4-6-11-19/h4-12,14,16H,15H2,1-3H3,(H,25,28). The molecule has 0 fully saturated rings. The summed E-state index contributed by atoms with van der Waals surface area (Å²) in [6.45, 7) is 6.30. The number of anilines is 2. The van der Waals surface area contributed by atoms with E-state index in [4.69, 9.17) is 0 Å². The lowest BCUT2D eigenvalue weighted by molar-refractivity contribution is -0.115. The molecule has 28 heavy (non-hydrogen) atoms. The third kappa shape index (κ3) is 4.04. The third-order valence-electron chi connectivity index (χ3n) is 4.51. The molecule has 0 atom stereocenters. The van der Waals surface area contributed by atoms with E-state index in [2.05, 4.69) is 30.3 Å². The first-order valence-corrected chi connectivity index (χ1v) is 9.17. The van der Waals surface area contributed by atoms with Crippen molar-refractivity contribution in [2.45, 2.75) is 26.8 Å². The van der Waals surface area contributed by atoms with Gasteiger partial charge in [-0.05, 0) is 44.5 Å². The van der Waals surface area contributed by atoms with Gasteiger partial charge in [0.1, 0.15) is 11.6 Å². The molecule has 0 aliphatic rings. The molecule has 0 aliphatic carbocycles. The van der Waals surface area contributed by atoms with Crippen molar-refractivity contribution in [2.24, 2.45) is 0 Å². The summed E-state index contributed by atoms with van der Waals surface area (Å²) in [5.41, 5.74) is 3.23. The van der Waals surface area contributed by atoms with E-state index >= 15 is 0 Å². The molecular formula is C22H23N5O. The maximum atomic E-state index is 12.9. The van der Waals surface area contributed by atoms with Gasteiger partial charge in [-0.15, -0.1) is 0 Å². The Morgan fingerprint density at radius 2 is 1.86 bits per heavy atom. The predicted molar refractivity (Wildman–Crippen MR) is 111 cm³/mol. The number of carbonyl (C=O) groups is 1. The Hall–Kier alpha value is -3.59.